The zero-order valence-corrected chi connectivity index (χ0v) is 13.7. The van der Waals surface area contributed by atoms with Crippen LogP contribution in [-0.4, -0.2) is 14.6 Å². The van der Waals surface area contributed by atoms with Crippen molar-refractivity contribution in [3.8, 4) is 10.9 Å². The molecule has 0 saturated carbocycles. The van der Waals surface area contributed by atoms with E-state index in [4.69, 9.17) is 4.74 Å². The van der Waals surface area contributed by atoms with Crippen LogP contribution in [0.1, 0.15) is 36.6 Å². The summed E-state index contributed by atoms with van der Waals surface area (Å²) < 4.78 is 7.31. The molecule has 23 heavy (non-hydrogen) atoms. The Morgan fingerprint density at radius 1 is 1.30 bits per heavy atom. The lowest BCUT2D eigenvalue weighted by atomic mass is 9.91. The van der Waals surface area contributed by atoms with Gasteiger partial charge in [0.15, 0.2) is 0 Å². The first-order valence-electron chi connectivity index (χ1n) is 7.93. The Labute approximate surface area is 137 Å². The Balaban J connectivity index is 1.74. The molecule has 0 spiro atoms. The zero-order chi connectivity index (χ0) is 15.8. The summed E-state index contributed by atoms with van der Waals surface area (Å²) in [6, 6.07) is 7.69. The number of aryl methyl sites for hydroxylation is 2. The summed E-state index contributed by atoms with van der Waals surface area (Å²) in [5, 5.41) is 4.73. The van der Waals surface area contributed by atoms with Crippen molar-refractivity contribution in [2.45, 2.75) is 39.0 Å². The first-order valence-corrected chi connectivity index (χ1v) is 8.74. The van der Waals surface area contributed by atoms with E-state index in [2.05, 4.69) is 16.1 Å². The maximum atomic E-state index is 12.1. The van der Waals surface area contributed by atoms with Gasteiger partial charge in [-0.2, -0.15) is 4.52 Å². The van der Waals surface area contributed by atoms with E-state index in [0.29, 0.717) is 10.2 Å². The van der Waals surface area contributed by atoms with E-state index >= 15 is 0 Å². The molecular formula is C17H17N3O2S. The molecule has 0 aliphatic heterocycles. The average Bonchev–Trinajstić information content (AvgIpc) is 2.98. The van der Waals surface area contributed by atoms with Gasteiger partial charge in [-0.05, 0) is 60.6 Å². The van der Waals surface area contributed by atoms with Gasteiger partial charge in [-0.3, -0.25) is 4.79 Å². The van der Waals surface area contributed by atoms with Crippen LogP contribution in [0.15, 0.2) is 29.1 Å². The molecule has 1 aromatic carbocycles. The molecule has 0 amide bonds. The van der Waals surface area contributed by atoms with E-state index in [-0.39, 0.29) is 5.56 Å². The lowest BCUT2D eigenvalue weighted by Gasteiger charge is -2.18. The predicted molar refractivity (Wildman–Crippen MR) is 89.7 cm³/mol. The molecule has 1 aliphatic carbocycles. The lowest BCUT2D eigenvalue weighted by molar-refractivity contribution is 0.458. The minimum atomic E-state index is -0.159. The Morgan fingerprint density at radius 2 is 2.17 bits per heavy atom. The summed E-state index contributed by atoms with van der Waals surface area (Å²) in [4.78, 5) is 17.1. The van der Waals surface area contributed by atoms with Crippen molar-refractivity contribution in [1.29, 1.82) is 0 Å². The highest BCUT2D eigenvalue weighted by molar-refractivity contribution is 7.18. The SMILES string of the molecule is CCc1cc(=O)n2nc(Oc3cccc4c3CCCC4)sc2n1. The second-order valence-corrected chi connectivity index (χ2v) is 6.62. The van der Waals surface area contributed by atoms with E-state index in [1.165, 1.54) is 45.9 Å². The summed E-state index contributed by atoms with van der Waals surface area (Å²) in [6.45, 7) is 1.98. The third-order valence-electron chi connectivity index (χ3n) is 4.19. The Bertz CT molecular complexity index is 929. The van der Waals surface area contributed by atoms with Crippen LogP contribution < -0.4 is 10.3 Å². The van der Waals surface area contributed by atoms with Crippen molar-refractivity contribution in [3.05, 3.63) is 51.4 Å². The van der Waals surface area contributed by atoms with Gasteiger partial charge in [0.1, 0.15) is 5.75 Å². The van der Waals surface area contributed by atoms with E-state index < -0.39 is 0 Å². The second kappa shape index (κ2) is 5.77. The van der Waals surface area contributed by atoms with Crippen LogP contribution in [0.3, 0.4) is 0 Å². The van der Waals surface area contributed by atoms with Crippen LogP contribution in [0.2, 0.25) is 0 Å². The molecule has 4 rings (SSSR count). The third-order valence-corrected chi connectivity index (χ3v) is 4.98. The number of fused-ring (bicyclic) bond motifs is 2. The number of rotatable bonds is 3. The van der Waals surface area contributed by atoms with Gasteiger partial charge in [-0.1, -0.05) is 19.1 Å². The van der Waals surface area contributed by atoms with Gasteiger partial charge in [0, 0.05) is 11.8 Å². The van der Waals surface area contributed by atoms with Gasteiger partial charge in [-0.15, -0.1) is 5.10 Å². The molecule has 0 unspecified atom stereocenters. The van der Waals surface area contributed by atoms with Gasteiger partial charge >= 0.3 is 0 Å². The van der Waals surface area contributed by atoms with Crippen molar-refractivity contribution in [2.24, 2.45) is 0 Å². The molecule has 1 aliphatic rings. The molecule has 0 bridgehead atoms. The molecule has 0 radical (unpaired) electrons. The van der Waals surface area contributed by atoms with Crippen LogP contribution in [0.4, 0.5) is 0 Å². The van der Waals surface area contributed by atoms with Crippen molar-refractivity contribution in [1.82, 2.24) is 14.6 Å². The van der Waals surface area contributed by atoms with Gasteiger partial charge < -0.3 is 4.74 Å². The fraction of sp³-hybridized carbons (Fsp3) is 0.353. The number of benzene rings is 1. The molecular weight excluding hydrogens is 310 g/mol. The number of ether oxygens (including phenoxy) is 1. The normalized spacial score (nSPS) is 14.0. The third kappa shape index (κ3) is 2.63. The molecule has 0 fully saturated rings. The highest BCUT2D eigenvalue weighted by Gasteiger charge is 2.16. The van der Waals surface area contributed by atoms with E-state index in [0.717, 1.165) is 30.7 Å². The van der Waals surface area contributed by atoms with Crippen LogP contribution in [0.25, 0.3) is 4.96 Å². The van der Waals surface area contributed by atoms with Gasteiger partial charge in [0.05, 0.1) is 0 Å². The monoisotopic (exact) mass is 327 g/mol. The fourth-order valence-corrected chi connectivity index (χ4v) is 3.79. The molecule has 2 heterocycles. The first kappa shape index (κ1) is 14.4. The number of hydrogen-bond acceptors (Lipinski definition) is 5. The first-order chi connectivity index (χ1) is 11.2. The quantitative estimate of drug-likeness (QED) is 0.740. The van der Waals surface area contributed by atoms with Crippen LogP contribution in [0, 0.1) is 0 Å². The smallest absolute Gasteiger partial charge is 0.299 e. The zero-order valence-electron chi connectivity index (χ0n) is 12.9. The topological polar surface area (TPSA) is 56.5 Å². The largest absolute Gasteiger partial charge is 0.429 e. The van der Waals surface area contributed by atoms with Crippen molar-refractivity contribution < 1.29 is 4.74 Å². The number of nitrogens with zero attached hydrogens (tertiary/aromatic N) is 3. The molecule has 5 nitrogen and oxygen atoms in total. The minimum Gasteiger partial charge on any atom is -0.429 e. The molecule has 6 heteroatoms. The highest BCUT2D eigenvalue weighted by Crippen LogP contribution is 2.33. The van der Waals surface area contributed by atoms with Crippen LogP contribution in [-0.2, 0) is 19.3 Å². The second-order valence-electron chi connectivity index (χ2n) is 5.70. The van der Waals surface area contributed by atoms with Crippen molar-refractivity contribution in [3.63, 3.8) is 0 Å². The number of hydrogen-bond donors (Lipinski definition) is 0. The molecule has 3 aromatic rings. The fourth-order valence-electron chi connectivity index (χ4n) is 3.00. The van der Waals surface area contributed by atoms with Crippen LogP contribution >= 0.6 is 11.3 Å². The predicted octanol–water partition coefficient (Wildman–Crippen LogP) is 3.38. The molecule has 0 atom stereocenters. The standard InChI is InChI=1S/C17H17N3O2S/c1-2-12-10-15(21)20-16(18-12)23-17(19-20)22-14-9-5-7-11-6-3-4-8-13(11)14/h5,7,9-10H,2-4,6,8H2,1H3. The maximum Gasteiger partial charge on any atom is 0.299 e. The highest BCUT2D eigenvalue weighted by atomic mass is 32.1. The van der Waals surface area contributed by atoms with E-state index in [1.807, 2.05) is 19.1 Å². The average molecular weight is 327 g/mol. The summed E-state index contributed by atoms with van der Waals surface area (Å²) in [5.41, 5.74) is 3.25. The maximum absolute atomic E-state index is 12.1. The Kier molecular flexibility index (Phi) is 3.61. The van der Waals surface area contributed by atoms with Crippen molar-refractivity contribution >= 4 is 16.3 Å². The lowest BCUT2D eigenvalue weighted by Crippen LogP contribution is -2.15. The summed E-state index contributed by atoms with van der Waals surface area (Å²) in [7, 11) is 0. The summed E-state index contributed by atoms with van der Waals surface area (Å²) in [5.74, 6) is 0.852. The van der Waals surface area contributed by atoms with E-state index in [9.17, 15) is 4.79 Å². The number of aromatic nitrogens is 3. The van der Waals surface area contributed by atoms with Gasteiger partial charge in [0.2, 0.25) is 4.96 Å². The molecule has 118 valence electrons. The van der Waals surface area contributed by atoms with Gasteiger partial charge in [-0.25, -0.2) is 4.98 Å². The molecule has 2 aromatic heterocycles. The van der Waals surface area contributed by atoms with Crippen molar-refractivity contribution in [2.75, 3.05) is 0 Å². The summed E-state index contributed by atoms with van der Waals surface area (Å²) >= 11 is 1.30. The Morgan fingerprint density at radius 3 is 3.04 bits per heavy atom. The Hall–Kier alpha value is -2.21. The van der Waals surface area contributed by atoms with E-state index in [1.54, 1.807) is 0 Å². The van der Waals surface area contributed by atoms with Crippen LogP contribution in [0.5, 0.6) is 10.9 Å². The van der Waals surface area contributed by atoms with Gasteiger partial charge in [0.25, 0.3) is 10.8 Å². The minimum absolute atomic E-state index is 0.159. The summed E-state index contributed by atoms with van der Waals surface area (Å²) in [6.07, 6.45) is 5.29. The molecule has 0 saturated heterocycles. The molecule has 0 N–H and O–H groups in total.